The normalized spacial score (nSPS) is 10.3. The summed E-state index contributed by atoms with van der Waals surface area (Å²) in [6.45, 7) is 0.254. The predicted octanol–water partition coefficient (Wildman–Crippen LogP) is 1.48. The van der Waals surface area contributed by atoms with Crippen LogP contribution in [-0.4, -0.2) is 39.4 Å². The molecule has 2 amide bonds. The van der Waals surface area contributed by atoms with Crippen molar-refractivity contribution in [3.05, 3.63) is 53.6 Å². The minimum Gasteiger partial charge on any atom is -0.493 e. The number of methoxy groups -OCH3 is 3. The van der Waals surface area contributed by atoms with E-state index in [-0.39, 0.29) is 6.54 Å². The second kappa shape index (κ2) is 9.81. The fraction of sp³-hybridized carbons (Fsp3) is 0.211. The molecule has 2 aromatic rings. The van der Waals surface area contributed by atoms with Gasteiger partial charge in [0.25, 0.3) is 0 Å². The molecule has 0 atom stereocenters. The van der Waals surface area contributed by atoms with Crippen LogP contribution in [0.5, 0.6) is 17.2 Å². The van der Waals surface area contributed by atoms with Crippen molar-refractivity contribution >= 4 is 18.0 Å². The molecule has 0 fully saturated rings. The molecule has 142 valence electrons. The monoisotopic (exact) mass is 371 g/mol. The highest BCUT2D eigenvalue weighted by atomic mass is 16.5. The van der Waals surface area contributed by atoms with Crippen LogP contribution in [0.1, 0.15) is 11.1 Å². The maximum absolute atomic E-state index is 11.8. The molecule has 0 spiro atoms. The quantitative estimate of drug-likeness (QED) is 0.436. The second-order valence-corrected chi connectivity index (χ2v) is 5.33. The lowest BCUT2D eigenvalue weighted by atomic mass is 10.2. The van der Waals surface area contributed by atoms with Crippen molar-refractivity contribution < 1.29 is 23.8 Å². The van der Waals surface area contributed by atoms with Crippen molar-refractivity contribution in [3.63, 3.8) is 0 Å². The number of benzene rings is 2. The smallest absolute Gasteiger partial charge is 0.329 e. The molecular formula is C19H21N3O5. The van der Waals surface area contributed by atoms with Crippen molar-refractivity contribution in [2.45, 2.75) is 6.54 Å². The first kappa shape index (κ1) is 19.8. The molecule has 2 aromatic carbocycles. The first-order valence-corrected chi connectivity index (χ1v) is 8.04. The van der Waals surface area contributed by atoms with Gasteiger partial charge in [-0.15, -0.1) is 0 Å². The maximum Gasteiger partial charge on any atom is 0.329 e. The molecule has 27 heavy (non-hydrogen) atoms. The summed E-state index contributed by atoms with van der Waals surface area (Å²) in [4.78, 5) is 23.6. The minimum absolute atomic E-state index is 0.254. The second-order valence-electron chi connectivity index (χ2n) is 5.33. The van der Waals surface area contributed by atoms with E-state index < -0.39 is 11.8 Å². The number of amides is 2. The van der Waals surface area contributed by atoms with Crippen molar-refractivity contribution in [1.82, 2.24) is 10.7 Å². The molecule has 0 aliphatic rings. The largest absolute Gasteiger partial charge is 0.493 e. The third-order valence-corrected chi connectivity index (χ3v) is 3.57. The van der Waals surface area contributed by atoms with Crippen LogP contribution in [0.3, 0.4) is 0 Å². The third-order valence-electron chi connectivity index (χ3n) is 3.57. The molecule has 0 bridgehead atoms. The summed E-state index contributed by atoms with van der Waals surface area (Å²) >= 11 is 0. The van der Waals surface area contributed by atoms with Crippen LogP contribution in [0.4, 0.5) is 0 Å². The van der Waals surface area contributed by atoms with Gasteiger partial charge in [-0.1, -0.05) is 30.3 Å². The number of nitrogens with one attached hydrogen (secondary N) is 2. The van der Waals surface area contributed by atoms with E-state index in [1.807, 2.05) is 30.3 Å². The molecule has 0 unspecified atom stereocenters. The van der Waals surface area contributed by atoms with Crippen LogP contribution in [0.15, 0.2) is 47.6 Å². The Hall–Kier alpha value is -3.55. The number of hydrogen-bond acceptors (Lipinski definition) is 6. The lowest BCUT2D eigenvalue weighted by Gasteiger charge is -2.12. The van der Waals surface area contributed by atoms with Crippen molar-refractivity contribution in [2.75, 3.05) is 21.3 Å². The number of carbonyl (C=O) groups excluding carboxylic acids is 2. The van der Waals surface area contributed by atoms with Gasteiger partial charge in [-0.2, -0.15) is 5.10 Å². The van der Waals surface area contributed by atoms with Gasteiger partial charge >= 0.3 is 11.8 Å². The van der Waals surface area contributed by atoms with Gasteiger partial charge in [-0.05, 0) is 17.7 Å². The topological polar surface area (TPSA) is 98.2 Å². The number of hydrazone groups is 1. The van der Waals surface area contributed by atoms with Gasteiger partial charge in [0.05, 0.1) is 27.5 Å². The molecule has 0 aliphatic heterocycles. The summed E-state index contributed by atoms with van der Waals surface area (Å²) in [6, 6.07) is 12.6. The number of ether oxygens (including phenoxy) is 3. The van der Waals surface area contributed by atoms with Gasteiger partial charge in [0.1, 0.15) is 0 Å². The zero-order valence-electron chi connectivity index (χ0n) is 15.3. The average Bonchev–Trinajstić information content (AvgIpc) is 2.71. The van der Waals surface area contributed by atoms with E-state index in [0.717, 1.165) is 5.56 Å². The number of rotatable bonds is 7. The van der Waals surface area contributed by atoms with E-state index in [9.17, 15) is 9.59 Å². The van der Waals surface area contributed by atoms with Crippen molar-refractivity contribution in [3.8, 4) is 17.2 Å². The molecule has 0 saturated carbocycles. The lowest BCUT2D eigenvalue weighted by Crippen LogP contribution is -2.37. The minimum atomic E-state index is -0.866. The number of nitrogens with zero attached hydrogens (tertiary/aromatic N) is 1. The van der Waals surface area contributed by atoms with Crippen LogP contribution in [0.2, 0.25) is 0 Å². The van der Waals surface area contributed by atoms with Gasteiger partial charge in [-0.3, -0.25) is 9.59 Å². The molecule has 8 nitrogen and oxygen atoms in total. The standard InChI is InChI=1S/C19H21N3O5/c1-25-15-9-14(10-16(26-2)17(15)27-3)12-21-22-19(24)18(23)20-11-13-7-5-4-6-8-13/h4-10,12H,11H2,1-3H3,(H,20,23)(H,22,24)/b21-12-. The Morgan fingerprint density at radius 1 is 0.963 bits per heavy atom. The Morgan fingerprint density at radius 3 is 2.15 bits per heavy atom. The Balaban J connectivity index is 1.95. The first-order valence-electron chi connectivity index (χ1n) is 8.04. The van der Waals surface area contributed by atoms with Crippen LogP contribution >= 0.6 is 0 Å². The molecule has 0 aromatic heterocycles. The highest BCUT2D eigenvalue weighted by Gasteiger charge is 2.13. The van der Waals surface area contributed by atoms with Crippen molar-refractivity contribution in [1.29, 1.82) is 0 Å². The van der Waals surface area contributed by atoms with E-state index in [4.69, 9.17) is 14.2 Å². The maximum atomic E-state index is 11.8. The van der Waals surface area contributed by atoms with Gasteiger partial charge < -0.3 is 19.5 Å². The lowest BCUT2D eigenvalue weighted by molar-refractivity contribution is -0.139. The summed E-state index contributed by atoms with van der Waals surface area (Å²) in [7, 11) is 4.50. The van der Waals surface area contributed by atoms with E-state index >= 15 is 0 Å². The third kappa shape index (κ3) is 5.46. The zero-order valence-corrected chi connectivity index (χ0v) is 15.3. The molecule has 0 heterocycles. The van der Waals surface area contributed by atoms with Crippen molar-refractivity contribution in [2.24, 2.45) is 5.10 Å². The predicted molar refractivity (Wildman–Crippen MR) is 100 cm³/mol. The van der Waals surface area contributed by atoms with Gasteiger partial charge in [0, 0.05) is 12.1 Å². The number of carbonyl (C=O) groups is 2. The SMILES string of the molecule is COc1cc(/C=N\NC(=O)C(=O)NCc2ccccc2)cc(OC)c1OC. The summed E-state index contributed by atoms with van der Waals surface area (Å²) in [5.41, 5.74) is 3.66. The molecule has 2 N–H and O–H groups in total. The van der Waals surface area contributed by atoms with E-state index in [1.165, 1.54) is 27.5 Å². The summed E-state index contributed by atoms with van der Waals surface area (Å²) in [6.07, 6.45) is 1.37. The highest BCUT2D eigenvalue weighted by Crippen LogP contribution is 2.37. The molecule has 0 radical (unpaired) electrons. The Bertz CT molecular complexity index is 796. The van der Waals surface area contributed by atoms with E-state index in [1.54, 1.807) is 12.1 Å². The highest BCUT2D eigenvalue weighted by molar-refractivity contribution is 6.35. The summed E-state index contributed by atoms with van der Waals surface area (Å²) in [5.74, 6) is -0.299. The summed E-state index contributed by atoms with van der Waals surface area (Å²) < 4.78 is 15.7. The number of hydrogen-bond donors (Lipinski definition) is 2. The van der Waals surface area contributed by atoms with Crippen LogP contribution in [-0.2, 0) is 16.1 Å². The molecule has 0 saturated heterocycles. The van der Waals surface area contributed by atoms with Gasteiger partial charge in [-0.25, -0.2) is 5.43 Å². The molecule has 8 heteroatoms. The Morgan fingerprint density at radius 2 is 1.59 bits per heavy atom. The van der Waals surface area contributed by atoms with Crippen LogP contribution in [0.25, 0.3) is 0 Å². The molecule has 2 rings (SSSR count). The fourth-order valence-corrected chi connectivity index (χ4v) is 2.25. The van der Waals surface area contributed by atoms with Crippen LogP contribution < -0.4 is 25.0 Å². The average molecular weight is 371 g/mol. The zero-order chi connectivity index (χ0) is 19.6. The van der Waals surface area contributed by atoms with Gasteiger partial charge in [0.2, 0.25) is 5.75 Å². The summed E-state index contributed by atoms with van der Waals surface area (Å²) in [5, 5.41) is 6.30. The Labute approximate surface area is 157 Å². The fourth-order valence-electron chi connectivity index (χ4n) is 2.25. The molecule has 0 aliphatic carbocycles. The Kier molecular flexibility index (Phi) is 7.18. The van der Waals surface area contributed by atoms with E-state index in [2.05, 4.69) is 15.8 Å². The first-order chi connectivity index (χ1) is 13.1. The molecular weight excluding hydrogens is 350 g/mol. The van der Waals surface area contributed by atoms with E-state index in [0.29, 0.717) is 22.8 Å². The van der Waals surface area contributed by atoms with Gasteiger partial charge in [0.15, 0.2) is 11.5 Å². The van der Waals surface area contributed by atoms with Crippen LogP contribution in [0, 0.1) is 0 Å².